The summed E-state index contributed by atoms with van der Waals surface area (Å²) in [6.45, 7) is 3.96. The van der Waals surface area contributed by atoms with Crippen molar-refractivity contribution < 1.29 is 4.79 Å². The van der Waals surface area contributed by atoms with Gasteiger partial charge in [0, 0.05) is 12.1 Å². The Morgan fingerprint density at radius 3 is 2.73 bits per heavy atom. The molecule has 0 atom stereocenters. The van der Waals surface area contributed by atoms with Crippen molar-refractivity contribution in [3.05, 3.63) is 39.4 Å². The summed E-state index contributed by atoms with van der Waals surface area (Å²) in [6.07, 6.45) is 9.27. The largest absolute Gasteiger partial charge is 0.320 e. The second-order valence-electron chi connectivity index (χ2n) is 7.30. The Kier molecular flexibility index (Phi) is 5.97. The summed E-state index contributed by atoms with van der Waals surface area (Å²) in [5, 5.41) is 3.29. The number of aromatic nitrogens is 2. The SMILES string of the molecule is CCCCC1CCC(C(=O)Nc2c(C)nc3ccc(Cl)cn3c2=O)CC1. The fourth-order valence-electron chi connectivity index (χ4n) is 3.80. The monoisotopic (exact) mass is 375 g/mol. The molecule has 0 bridgehead atoms. The fraction of sp³-hybridized carbons (Fsp3) is 0.550. The minimum Gasteiger partial charge on any atom is -0.320 e. The average molecular weight is 376 g/mol. The molecule has 26 heavy (non-hydrogen) atoms. The number of fused-ring (bicyclic) bond motifs is 1. The van der Waals surface area contributed by atoms with Crippen molar-refractivity contribution in [1.29, 1.82) is 0 Å². The highest BCUT2D eigenvalue weighted by Crippen LogP contribution is 2.32. The standard InChI is InChI=1S/C20H26ClN3O2/c1-3-4-5-14-6-8-15(9-7-14)19(25)23-18-13(2)22-17-11-10-16(21)12-24(17)20(18)26/h10-12,14-15H,3-9H2,1-2H3,(H,23,25). The van der Waals surface area contributed by atoms with E-state index in [1.165, 1.54) is 29.9 Å². The zero-order chi connectivity index (χ0) is 18.7. The molecule has 2 heterocycles. The van der Waals surface area contributed by atoms with Crippen LogP contribution in [0.1, 0.15) is 57.6 Å². The highest BCUT2D eigenvalue weighted by atomic mass is 35.5. The Morgan fingerprint density at radius 2 is 2.04 bits per heavy atom. The second kappa shape index (κ2) is 8.21. The quantitative estimate of drug-likeness (QED) is 0.831. The summed E-state index contributed by atoms with van der Waals surface area (Å²) in [7, 11) is 0. The number of unbranched alkanes of at least 4 members (excludes halogenated alkanes) is 1. The molecule has 1 fully saturated rings. The molecule has 1 amide bonds. The third kappa shape index (κ3) is 4.09. The molecule has 140 valence electrons. The molecular weight excluding hydrogens is 350 g/mol. The van der Waals surface area contributed by atoms with Gasteiger partial charge in [0.05, 0.1) is 10.7 Å². The van der Waals surface area contributed by atoms with Crippen molar-refractivity contribution in [3.8, 4) is 0 Å². The maximum Gasteiger partial charge on any atom is 0.281 e. The maximum absolute atomic E-state index is 12.7. The summed E-state index contributed by atoms with van der Waals surface area (Å²) >= 11 is 5.99. The van der Waals surface area contributed by atoms with Crippen LogP contribution in [0.3, 0.4) is 0 Å². The molecule has 1 N–H and O–H groups in total. The van der Waals surface area contributed by atoms with Gasteiger partial charge in [-0.15, -0.1) is 0 Å². The van der Waals surface area contributed by atoms with Gasteiger partial charge in [0.15, 0.2) is 0 Å². The number of aryl methyl sites for hydroxylation is 1. The number of amides is 1. The van der Waals surface area contributed by atoms with Gasteiger partial charge < -0.3 is 5.32 Å². The Balaban J connectivity index is 1.73. The lowest BCUT2D eigenvalue weighted by Crippen LogP contribution is -2.31. The number of hydrogen-bond donors (Lipinski definition) is 1. The van der Waals surface area contributed by atoms with E-state index in [-0.39, 0.29) is 23.1 Å². The van der Waals surface area contributed by atoms with E-state index in [2.05, 4.69) is 17.2 Å². The van der Waals surface area contributed by atoms with Crippen LogP contribution in [0, 0.1) is 18.8 Å². The summed E-state index contributed by atoms with van der Waals surface area (Å²) in [4.78, 5) is 29.8. The van der Waals surface area contributed by atoms with E-state index < -0.39 is 0 Å². The van der Waals surface area contributed by atoms with E-state index in [4.69, 9.17) is 11.6 Å². The summed E-state index contributed by atoms with van der Waals surface area (Å²) < 4.78 is 1.38. The lowest BCUT2D eigenvalue weighted by atomic mass is 9.79. The van der Waals surface area contributed by atoms with Crippen LogP contribution in [0.4, 0.5) is 5.69 Å². The van der Waals surface area contributed by atoms with Gasteiger partial charge in [-0.3, -0.25) is 14.0 Å². The first-order chi connectivity index (χ1) is 12.5. The summed E-state index contributed by atoms with van der Waals surface area (Å²) in [5.74, 6) is 0.658. The van der Waals surface area contributed by atoms with Crippen LogP contribution >= 0.6 is 11.6 Å². The molecular formula is C20H26ClN3O2. The average Bonchev–Trinajstić information content (AvgIpc) is 2.64. The number of rotatable bonds is 5. The molecule has 2 aromatic heterocycles. The van der Waals surface area contributed by atoms with Crippen LogP contribution in [0.5, 0.6) is 0 Å². The molecule has 0 saturated heterocycles. The van der Waals surface area contributed by atoms with Crippen LogP contribution in [-0.2, 0) is 4.79 Å². The van der Waals surface area contributed by atoms with Gasteiger partial charge in [0.1, 0.15) is 11.3 Å². The lowest BCUT2D eigenvalue weighted by molar-refractivity contribution is -0.121. The number of carbonyl (C=O) groups excluding carboxylic acids is 1. The molecule has 0 aromatic carbocycles. The third-order valence-electron chi connectivity index (χ3n) is 5.40. The fourth-order valence-corrected chi connectivity index (χ4v) is 3.96. The van der Waals surface area contributed by atoms with E-state index in [0.717, 1.165) is 31.6 Å². The van der Waals surface area contributed by atoms with Crippen molar-refractivity contribution >= 4 is 28.8 Å². The second-order valence-corrected chi connectivity index (χ2v) is 7.74. The zero-order valence-electron chi connectivity index (χ0n) is 15.4. The molecule has 1 aliphatic rings. The number of anilines is 1. The van der Waals surface area contributed by atoms with E-state index in [9.17, 15) is 9.59 Å². The molecule has 3 rings (SSSR count). The van der Waals surface area contributed by atoms with Gasteiger partial charge in [-0.05, 0) is 50.7 Å². The van der Waals surface area contributed by atoms with Gasteiger partial charge >= 0.3 is 0 Å². The van der Waals surface area contributed by atoms with Crippen molar-refractivity contribution in [2.45, 2.75) is 58.8 Å². The predicted octanol–water partition coefficient (Wildman–Crippen LogP) is 4.59. The maximum atomic E-state index is 12.7. The van der Waals surface area contributed by atoms with E-state index in [0.29, 0.717) is 16.4 Å². The third-order valence-corrected chi connectivity index (χ3v) is 5.62. The van der Waals surface area contributed by atoms with Crippen LogP contribution in [0.2, 0.25) is 5.02 Å². The van der Waals surface area contributed by atoms with Gasteiger partial charge in [-0.25, -0.2) is 4.98 Å². The molecule has 1 saturated carbocycles. The van der Waals surface area contributed by atoms with Crippen LogP contribution in [-0.4, -0.2) is 15.3 Å². The molecule has 6 heteroatoms. The predicted molar refractivity (Wildman–Crippen MR) is 105 cm³/mol. The van der Waals surface area contributed by atoms with Crippen LogP contribution < -0.4 is 10.9 Å². The van der Waals surface area contributed by atoms with Crippen molar-refractivity contribution in [1.82, 2.24) is 9.38 Å². The van der Waals surface area contributed by atoms with Gasteiger partial charge in [-0.1, -0.05) is 37.8 Å². The minimum absolute atomic E-state index is 0.0215. The van der Waals surface area contributed by atoms with Gasteiger partial charge in [-0.2, -0.15) is 0 Å². The minimum atomic E-state index is -0.292. The number of nitrogens with one attached hydrogen (secondary N) is 1. The molecule has 0 unspecified atom stereocenters. The molecule has 5 nitrogen and oxygen atoms in total. The first kappa shape index (κ1) is 18.9. The van der Waals surface area contributed by atoms with Gasteiger partial charge in [0.25, 0.3) is 5.56 Å². The smallest absolute Gasteiger partial charge is 0.281 e. The van der Waals surface area contributed by atoms with Crippen molar-refractivity contribution in [2.75, 3.05) is 5.32 Å². The molecule has 0 spiro atoms. The van der Waals surface area contributed by atoms with E-state index in [1.54, 1.807) is 19.1 Å². The highest BCUT2D eigenvalue weighted by Gasteiger charge is 2.27. The van der Waals surface area contributed by atoms with Gasteiger partial charge in [0.2, 0.25) is 5.91 Å². The number of hydrogen-bond acceptors (Lipinski definition) is 3. The number of nitrogens with zero attached hydrogens (tertiary/aromatic N) is 2. The Hall–Kier alpha value is -1.88. The Bertz CT molecular complexity index is 854. The summed E-state index contributed by atoms with van der Waals surface area (Å²) in [5.41, 5.74) is 1.01. The topological polar surface area (TPSA) is 63.5 Å². The molecule has 0 aliphatic heterocycles. The summed E-state index contributed by atoms with van der Waals surface area (Å²) in [6, 6.07) is 3.39. The normalized spacial score (nSPS) is 20.3. The molecule has 2 aromatic rings. The number of pyridine rings is 1. The van der Waals surface area contributed by atoms with E-state index in [1.807, 2.05) is 0 Å². The van der Waals surface area contributed by atoms with E-state index >= 15 is 0 Å². The van der Waals surface area contributed by atoms with Crippen LogP contribution in [0.25, 0.3) is 5.65 Å². The molecule has 1 aliphatic carbocycles. The zero-order valence-corrected chi connectivity index (χ0v) is 16.2. The van der Waals surface area contributed by atoms with Crippen molar-refractivity contribution in [3.63, 3.8) is 0 Å². The lowest BCUT2D eigenvalue weighted by Gasteiger charge is -2.27. The first-order valence-corrected chi connectivity index (χ1v) is 9.86. The highest BCUT2D eigenvalue weighted by molar-refractivity contribution is 6.30. The first-order valence-electron chi connectivity index (χ1n) is 9.49. The Morgan fingerprint density at radius 1 is 1.31 bits per heavy atom. The van der Waals surface area contributed by atoms with Crippen molar-refractivity contribution in [2.24, 2.45) is 11.8 Å². The number of halogens is 1. The molecule has 0 radical (unpaired) electrons. The Labute approximate surface area is 158 Å². The number of carbonyl (C=O) groups is 1. The van der Waals surface area contributed by atoms with Crippen LogP contribution in [0.15, 0.2) is 23.1 Å².